The number of amides is 1. The van der Waals surface area contributed by atoms with Crippen LogP contribution in [0, 0.1) is 6.92 Å². The Morgan fingerprint density at radius 1 is 1.15 bits per heavy atom. The summed E-state index contributed by atoms with van der Waals surface area (Å²) in [6.07, 6.45) is 1.57. The lowest BCUT2D eigenvalue weighted by Crippen LogP contribution is -2.24. The van der Waals surface area contributed by atoms with E-state index in [1.165, 1.54) is 0 Å². The van der Waals surface area contributed by atoms with Gasteiger partial charge in [0, 0.05) is 12.2 Å². The number of carbonyl (C=O) groups excluding carboxylic acids is 1. The number of carbonyl (C=O) groups is 1. The maximum absolute atomic E-state index is 12.3. The molecular weight excluding hydrogens is 332 g/mol. The van der Waals surface area contributed by atoms with Gasteiger partial charge < -0.3 is 19.8 Å². The number of methoxy groups -OCH3 is 1. The zero-order chi connectivity index (χ0) is 18.4. The van der Waals surface area contributed by atoms with Crippen molar-refractivity contribution in [3.63, 3.8) is 0 Å². The van der Waals surface area contributed by atoms with E-state index >= 15 is 0 Å². The average Bonchev–Trinajstić information content (AvgIpc) is 3.18. The largest absolute Gasteiger partial charge is 0.497 e. The molecule has 0 spiro atoms. The summed E-state index contributed by atoms with van der Waals surface area (Å²) in [5.74, 6) is 1.61. The number of aromatic nitrogens is 2. The van der Waals surface area contributed by atoms with Crippen LogP contribution in [0.25, 0.3) is 0 Å². The van der Waals surface area contributed by atoms with E-state index < -0.39 is 0 Å². The third kappa shape index (κ3) is 4.60. The monoisotopic (exact) mass is 352 g/mol. The maximum Gasteiger partial charge on any atom is 0.270 e. The fourth-order valence-corrected chi connectivity index (χ4v) is 2.36. The average molecular weight is 352 g/mol. The van der Waals surface area contributed by atoms with Gasteiger partial charge >= 0.3 is 0 Å². The van der Waals surface area contributed by atoms with E-state index in [4.69, 9.17) is 9.15 Å². The van der Waals surface area contributed by atoms with Crippen LogP contribution < -0.4 is 15.4 Å². The predicted octanol–water partition coefficient (Wildman–Crippen LogP) is 2.93. The SMILES string of the molecule is COc1ccc(CNc2nc(C)cc(C(=O)NCc3ccco3)n2)cc1. The summed E-state index contributed by atoms with van der Waals surface area (Å²) < 4.78 is 10.3. The van der Waals surface area contributed by atoms with E-state index in [-0.39, 0.29) is 5.91 Å². The van der Waals surface area contributed by atoms with Crippen molar-refractivity contribution < 1.29 is 13.9 Å². The van der Waals surface area contributed by atoms with Gasteiger partial charge in [0.25, 0.3) is 5.91 Å². The van der Waals surface area contributed by atoms with Gasteiger partial charge in [0.15, 0.2) is 0 Å². The summed E-state index contributed by atoms with van der Waals surface area (Å²) in [7, 11) is 1.63. The predicted molar refractivity (Wildman–Crippen MR) is 97.0 cm³/mol. The third-order valence-electron chi connectivity index (χ3n) is 3.70. The van der Waals surface area contributed by atoms with Crippen LogP contribution in [-0.2, 0) is 13.1 Å². The zero-order valence-corrected chi connectivity index (χ0v) is 14.7. The Balaban J connectivity index is 1.63. The van der Waals surface area contributed by atoms with Crippen LogP contribution in [0.15, 0.2) is 53.1 Å². The van der Waals surface area contributed by atoms with Crippen LogP contribution in [-0.4, -0.2) is 23.0 Å². The van der Waals surface area contributed by atoms with Gasteiger partial charge in [0.05, 0.1) is 19.9 Å². The Labute approximate surface area is 151 Å². The Morgan fingerprint density at radius 3 is 2.65 bits per heavy atom. The number of ether oxygens (including phenoxy) is 1. The Kier molecular flexibility index (Phi) is 5.48. The van der Waals surface area contributed by atoms with Crippen molar-refractivity contribution in [3.8, 4) is 5.75 Å². The van der Waals surface area contributed by atoms with Crippen LogP contribution in [0.4, 0.5) is 5.95 Å². The first-order chi connectivity index (χ1) is 12.6. The Morgan fingerprint density at radius 2 is 1.96 bits per heavy atom. The highest BCUT2D eigenvalue weighted by atomic mass is 16.5. The van der Waals surface area contributed by atoms with Gasteiger partial charge in [-0.3, -0.25) is 4.79 Å². The van der Waals surface area contributed by atoms with Gasteiger partial charge in [0.2, 0.25) is 5.95 Å². The molecule has 0 radical (unpaired) electrons. The van der Waals surface area contributed by atoms with E-state index in [9.17, 15) is 4.79 Å². The zero-order valence-electron chi connectivity index (χ0n) is 14.7. The maximum atomic E-state index is 12.3. The van der Waals surface area contributed by atoms with Crippen molar-refractivity contribution in [2.75, 3.05) is 12.4 Å². The van der Waals surface area contributed by atoms with Crippen molar-refractivity contribution in [3.05, 3.63) is 71.4 Å². The highest BCUT2D eigenvalue weighted by molar-refractivity contribution is 5.92. The molecule has 0 fully saturated rings. The van der Waals surface area contributed by atoms with Crippen molar-refractivity contribution in [1.29, 1.82) is 0 Å². The lowest BCUT2D eigenvalue weighted by atomic mass is 10.2. The second-order valence-corrected chi connectivity index (χ2v) is 5.68. The number of anilines is 1. The summed E-state index contributed by atoms with van der Waals surface area (Å²) in [6, 6.07) is 12.9. The molecular formula is C19H20N4O3. The molecule has 26 heavy (non-hydrogen) atoms. The van der Waals surface area contributed by atoms with Crippen LogP contribution in [0.2, 0.25) is 0 Å². The molecule has 0 unspecified atom stereocenters. The van der Waals surface area contributed by atoms with Gasteiger partial charge in [-0.1, -0.05) is 12.1 Å². The van der Waals surface area contributed by atoms with Gasteiger partial charge in [-0.15, -0.1) is 0 Å². The number of benzene rings is 1. The first-order valence-electron chi connectivity index (χ1n) is 8.17. The van der Waals surface area contributed by atoms with Gasteiger partial charge in [-0.25, -0.2) is 9.97 Å². The van der Waals surface area contributed by atoms with E-state index in [2.05, 4.69) is 20.6 Å². The molecule has 0 aliphatic rings. The quantitative estimate of drug-likeness (QED) is 0.680. The second-order valence-electron chi connectivity index (χ2n) is 5.68. The summed E-state index contributed by atoms with van der Waals surface area (Å²) in [4.78, 5) is 20.9. The normalized spacial score (nSPS) is 10.4. The highest BCUT2D eigenvalue weighted by Gasteiger charge is 2.11. The molecule has 7 heteroatoms. The Hall–Kier alpha value is -3.35. The van der Waals surface area contributed by atoms with E-state index in [1.54, 1.807) is 31.6 Å². The molecule has 2 aromatic heterocycles. The molecule has 3 rings (SSSR count). The number of aryl methyl sites for hydroxylation is 1. The number of hydrogen-bond acceptors (Lipinski definition) is 6. The van der Waals surface area contributed by atoms with Gasteiger partial charge in [-0.2, -0.15) is 0 Å². The minimum Gasteiger partial charge on any atom is -0.497 e. The molecule has 0 saturated heterocycles. The van der Waals surface area contributed by atoms with Crippen molar-refractivity contribution in [1.82, 2.24) is 15.3 Å². The fourth-order valence-electron chi connectivity index (χ4n) is 2.36. The molecule has 0 aliphatic carbocycles. The topological polar surface area (TPSA) is 89.3 Å². The number of nitrogens with zero attached hydrogens (tertiary/aromatic N) is 2. The first kappa shape index (κ1) is 17.5. The van der Waals surface area contributed by atoms with Crippen LogP contribution >= 0.6 is 0 Å². The summed E-state index contributed by atoms with van der Waals surface area (Å²) in [6.45, 7) is 2.67. The molecule has 2 heterocycles. The Bertz CT molecular complexity index is 861. The van der Waals surface area contributed by atoms with Crippen molar-refractivity contribution in [2.24, 2.45) is 0 Å². The van der Waals surface area contributed by atoms with Gasteiger partial charge in [0.1, 0.15) is 17.2 Å². The van der Waals surface area contributed by atoms with Gasteiger partial charge in [-0.05, 0) is 42.8 Å². The number of rotatable bonds is 7. The minimum absolute atomic E-state index is 0.278. The minimum atomic E-state index is -0.278. The molecule has 3 aromatic rings. The molecule has 0 saturated carbocycles. The van der Waals surface area contributed by atoms with Crippen LogP contribution in [0.1, 0.15) is 27.5 Å². The smallest absolute Gasteiger partial charge is 0.270 e. The molecule has 2 N–H and O–H groups in total. The molecule has 1 aromatic carbocycles. The number of furan rings is 1. The standard InChI is InChI=1S/C19H20N4O3/c1-13-10-17(18(24)20-12-16-4-3-9-26-16)23-19(22-13)21-11-14-5-7-15(25-2)8-6-14/h3-10H,11-12H2,1-2H3,(H,20,24)(H,21,22,23). The van der Waals surface area contributed by atoms with Crippen LogP contribution in [0.3, 0.4) is 0 Å². The summed E-state index contributed by atoms with van der Waals surface area (Å²) in [5, 5.41) is 5.92. The summed E-state index contributed by atoms with van der Waals surface area (Å²) in [5.41, 5.74) is 2.07. The van der Waals surface area contributed by atoms with E-state index in [0.717, 1.165) is 11.3 Å². The third-order valence-corrected chi connectivity index (χ3v) is 3.70. The molecule has 1 amide bonds. The lowest BCUT2D eigenvalue weighted by Gasteiger charge is -2.09. The van der Waals surface area contributed by atoms with Crippen molar-refractivity contribution >= 4 is 11.9 Å². The lowest BCUT2D eigenvalue weighted by molar-refractivity contribution is 0.0943. The van der Waals surface area contributed by atoms with Crippen LogP contribution in [0.5, 0.6) is 5.75 Å². The highest BCUT2D eigenvalue weighted by Crippen LogP contribution is 2.13. The number of hydrogen-bond donors (Lipinski definition) is 2. The molecule has 0 bridgehead atoms. The summed E-state index contributed by atoms with van der Waals surface area (Å²) >= 11 is 0. The molecule has 0 aliphatic heterocycles. The molecule has 7 nitrogen and oxygen atoms in total. The van der Waals surface area contributed by atoms with E-state index in [0.29, 0.717) is 36.2 Å². The fraction of sp³-hybridized carbons (Fsp3) is 0.211. The molecule has 134 valence electrons. The molecule has 0 atom stereocenters. The van der Waals surface area contributed by atoms with E-state index in [1.807, 2.05) is 31.2 Å². The number of nitrogens with one attached hydrogen (secondary N) is 2. The first-order valence-corrected chi connectivity index (χ1v) is 8.17. The van der Waals surface area contributed by atoms with Crippen molar-refractivity contribution in [2.45, 2.75) is 20.0 Å². The second kappa shape index (κ2) is 8.15.